The molecule has 0 fully saturated rings. The average molecular weight is 361 g/mol. The van der Waals surface area contributed by atoms with E-state index in [2.05, 4.69) is 20.4 Å². The van der Waals surface area contributed by atoms with Gasteiger partial charge in [0.1, 0.15) is 5.82 Å². The molecule has 6 nitrogen and oxygen atoms in total. The van der Waals surface area contributed by atoms with Gasteiger partial charge in [-0.15, -0.1) is 0 Å². The highest BCUT2D eigenvalue weighted by atomic mass is 16.5. The Morgan fingerprint density at radius 1 is 0.926 bits per heavy atom. The van der Waals surface area contributed by atoms with Crippen molar-refractivity contribution in [2.45, 2.75) is 6.92 Å². The Morgan fingerprint density at radius 2 is 1.63 bits per heavy atom. The maximum atomic E-state index is 12.3. The van der Waals surface area contributed by atoms with Gasteiger partial charge in [-0.25, -0.2) is 9.78 Å². The smallest absolute Gasteiger partial charge is 0.337 e. The first kappa shape index (κ1) is 18.1. The number of hydrogen-bond acceptors (Lipinski definition) is 5. The van der Waals surface area contributed by atoms with Crippen LogP contribution in [0.3, 0.4) is 0 Å². The molecule has 0 aliphatic heterocycles. The molecule has 1 amide bonds. The van der Waals surface area contributed by atoms with Crippen molar-refractivity contribution in [2.75, 3.05) is 17.7 Å². The molecule has 0 saturated heterocycles. The van der Waals surface area contributed by atoms with Gasteiger partial charge in [-0.05, 0) is 55.0 Å². The molecular formula is C21H19N3O3. The van der Waals surface area contributed by atoms with Gasteiger partial charge in [-0.2, -0.15) is 0 Å². The van der Waals surface area contributed by atoms with Crippen LogP contribution in [0.5, 0.6) is 0 Å². The minimum atomic E-state index is -0.381. The average Bonchev–Trinajstić information content (AvgIpc) is 2.69. The van der Waals surface area contributed by atoms with Gasteiger partial charge in [0.2, 0.25) is 0 Å². The lowest BCUT2D eigenvalue weighted by Crippen LogP contribution is -2.13. The minimum Gasteiger partial charge on any atom is -0.465 e. The van der Waals surface area contributed by atoms with Crippen molar-refractivity contribution < 1.29 is 14.3 Å². The Kier molecular flexibility index (Phi) is 5.47. The molecule has 3 rings (SSSR count). The summed E-state index contributed by atoms with van der Waals surface area (Å²) in [4.78, 5) is 28.1. The summed E-state index contributed by atoms with van der Waals surface area (Å²) in [6.07, 6.45) is 1.58. The summed E-state index contributed by atoms with van der Waals surface area (Å²) in [5.74, 6) is 0.0668. The summed E-state index contributed by atoms with van der Waals surface area (Å²) < 4.78 is 4.67. The number of ether oxygens (including phenoxy) is 1. The normalized spacial score (nSPS) is 10.1. The van der Waals surface area contributed by atoms with Crippen molar-refractivity contribution in [3.05, 3.63) is 83.6 Å². The fraction of sp³-hybridized carbons (Fsp3) is 0.0952. The third kappa shape index (κ3) is 4.49. The number of nitrogens with one attached hydrogen (secondary N) is 2. The number of benzene rings is 2. The van der Waals surface area contributed by atoms with E-state index in [-0.39, 0.29) is 11.9 Å². The van der Waals surface area contributed by atoms with E-state index in [4.69, 9.17) is 0 Å². The highest BCUT2D eigenvalue weighted by Gasteiger charge is 2.09. The summed E-state index contributed by atoms with van der Waals surface area (Å²) in [5, 5.41) is 5.97. The second-order valence-electron chi connectivity index (χ2n) is 5.90. The van der Waals surface area contributed by atoms with Crippen LogP contribution >= 0.6 is 0 Å². The zero-order chi connectivity index (χ0) is 19.2. The summed E-state index contributed by atoms with van der Waals surface area (Å²) in [6, 6.07) is 17.8. The van der Waals surface area contributed by atoms with E-state index >= 15 is 0 Å². The predicted molar refractivity (Wildman–Crippen MR) is 104 cm³/mol. The van der Waals surface area contributed by atoms with Crippen molar-refractivity contribution in [3.8, 4) is 0 Å². The molecule has 3 aromatic rings. The quantitative estimate of drug-likeness (QED) is 0.667. The van der Waals surface area contributed by atoms with Crippen molar-refractivity contribution in [1.29, 1.82) is 0 Å². The van der Waals surface area contributed by atoms with Gasteiger partial charge in [0.15, 0.2) is 0 Å². The number of pyridine rings is 1. The standard InChI is InChI=1S/C21H19N3O3/c1-14-5-3-4-6-18(14)20(25)24-17-11-12-19(22-13-17)23-16-9-7-15(8-10-16)21(26)27-2/h3-13H,1-2H3,(H,22,23)(H,24,25). The summed E-state index contributed by atoms with van der Waals surface area (Å²) >= 11 is 0. The zero-order valence-electron chi connectivity index (χ0n) is 15.0. The number of rotatable bonds is 5. The molecule has 0 radical (unpaired) electrons. The molecule has 0 aliphatic carbocycles. The molecule has 27 heavy (non-hydrogen) atoms. The lowest BCUT2D eigenvalue weighted by atomic mass is 10.1. The van der Waals surface area contributed by atoms with Crippen LogP contribution in [0.4, 0.5) is 17.2 Å². The maximum Gasteiger partial charge on any atom is 0.337 e. The number of hydrogen-bond donors (Lipinski definition) is 2. The van der Waals surface area contributed by atoms with E-state index in [1.807, 2.05) is 25.1 Å². The fourth-order valence-corrected chi connectivity index (χ4v) is 2.52. The number of carbonyl (C=O) groups is 2. The van der Waals surface area contributed by atoms with E-state index < -0.39 is 0 Å². The molecule has 6 heteroatoms. The van der Waals surface area contributed by atoms with Crippen LogP contribution in [-0.2, 0) is 4.74 Å². The largest absolute Gasteiger partial charge is 0.465 e. The fourth-order valence-electron chi connectivity index (χ4n) is 2.52. The summed E-state index contributed by atoms with van der Waals surface area (Å²) in [7, 11) is 1.35. The van der Waals surface area contributed by atoms with Crippen LogP contribution in [0.25, 0.3) is 0 Å². The number of aromatic nitrogens is 1. The molecule has 2 N–H and O–H groups in total. The van der Waals surface area contributed by atoms with Crippen LogP contribution in [-0.4, -0.2) is 24.0 Å². The Hall–Kier alpha value is -3.67. The molecule has 0 saturated carbocycles. The van der Waals surface area contributed by atoms with Gasteiger partial charge in [0.05, 0.1) is 24.6 Å². The topological polar surface area (TPSA) is 80.3 Å². The Balaban J connectivity index is 1.64. The van der Waals surface area contributed by atoms with Crippen LogP contribution in [0.15, 0.2) is 66.9 Å². The van der Waals surface area contributed by atoms with Gasteiger partial charge in [0, 0.05) is 11.3 Å². The number of aryl methyl sites for hydroxylation is 1. The predicted octanol–water partition coefficient (Wildman–Crippen LogP) is 4.17. The Bertz CT molecular complexity index is 951. The highest BCUT2D eigenvalue weighted by Crippen LogP contribution is 2.18. The van der Waals surface area contributed by atoms with E-state index in [0.29, 0.717) is 22.6 Å². The van der Waals surface area contributed by atoms with Crippen LogP contribution in [0.2, 0.25) is 0 Å². The third-order valence-corrected chi connectivity index (χ3v) is 3.99. The van der Waals surface area contributed by atoms with Crippen molar-refractivity contribution in [2.24, 2.45) is 0 Å². The van der Waals surface area contributed by atoms with Crippen LogP contribution < -0.4 is 10.6 Å². The van der Waals surface area contributed by atoms with E-state index in [1.165, 1.54) is 7.11 Å². The molecule has 0 unspecified atom stereocenters. The van der Waals surface area contributed by atoms with E-state index in [9.17, 15) is 9.59 Å². The lowest BCUT2D eigenvalue weighted by molar-refractivity contribution is 0.0600. The lowest BCUT2D eigenvalue weighted by Gasteiger charge is -2.09. The molecule has 0 bridgehead atoms. The molecule has 1 heterocycles. The SMILES string of the molecule is COC(=O)c1ccc(Nc2ccc(NC(=O)c3ccccc3C)cn2)cc1. The van der Waals surface area contributed by atoms with Gasteiger partial charge in [-0.1, -0.05) is 18.2 Å². The first-order chi connectivity index (χ1) is 13.1. The molecule has 1 aromatic heterocycles. The molecule has 2 aromatic carbocycles. The van der Waals surface area contributed by atoms with E-state index in [1.54, 1.807) is 48.7 Å². The van der Waals surface area contributed by atoms with Gasteiger partial charge in [-0.3, -0.25) is 4.79 Å². The second kappa shape index (κ2) is 8.14. The molecule has 136 valence electrons. The minimum absolute atomic E-state index is 0.172. The van der Waals surface area contributed by atoms with E-state index in [0.717, 1.165) is 11.3 Å². The number of anilines is 3. The van der Waals surface area contributed by atoms with Gasteiger partial charge in [0.25, 0.3) is 5.91 Å². The molecule has 0 atom stereocenters. The molecular weight excluding hydrogens is 342 g/mol. The summed E-state index contributed by atoms with van der Waals surface area (Å²) in [6.45, 7) is 1.89. The van der Waals surface area contributed by atoms with Crippen LogP contribution in [0, 0.1) is 6.92 Å². The number of nitrogens with zero attached hydrogens (tertiary/aromatic N) is 1. The monoisotopic (exact) mass is 361 g/mol. The second-order valence-corrected chi connectivity index (χ2v) is 5.90. The van der Waals surface area contributed by atoms with Gasteiger partial charge >= 0.3 is 5.97 Å². The number of carbonyl (C=O) groups excluding carboxylic acids is 2. The number of methoxy groups -OCH3 is 1. The molecule has 0 spiro atoms. The molecule has 0 aliphatic rings. The van der Waals surface area contributed by atoms with Gasteiger partial charge < -0.3 is 15.4 Å². The number of amides is 1. The van der Waals surface area contributed by atoms with Crippen LogP contribution in [0.1, 0.15) is 26.3 Å². The zero-order valence-corrected chi connectivity index (χ0v) is 15.0. The summed E-state index contributed by atoms with van der Waals surface area (Å²) in [5.41, 5.74) is 3.41. The third-order valence-electron chi connectivity index (χ3n) is 3.99. The van der Waals surface area contributed by atoms with Crippen molar-refractivity contribution >= 4 is 29.1 Å². The highest BCUT2D eigenvalue weighted by molar-refractivity contribution is 6.05. The Morgan fingerprint density at radius 3 is 2.26 bits per heavy atom. The van der Waals surface area contributed by atoms with Crippen molar-refractivity contribution in [3.63, 3.8) is 0 Å². The van der Waals surface area contributed by atoms with Crippen molar-refractivity contribution in [1.82, 2.24) is 4.98 Å². The first-order valence-electron chi connectivity index (χ1n) is 8.35. The number of esters is 1. The Labute approximate surface area is 157 Å². The first-order valence-corrected chi connectivity index (χ1v) is 8.35. The maximum absolute atomic E-state index is 12.3.